The molecule has 0 heterocycles. The fraction of sp³-hybridized carbons (Fsp3) is 0.0714. The Labute approximate surface area is 105 Å². The van der Waals surface area contributed by atoms with Crippen LogP contribution in [0.2, 0.25) is 0 Å². The number of anilines is 1. The number of nitrogen functional groups attached to an aromatic ring is 1. The van der Waals surface area contributed by atoms with Crippen molar-refractivity contribution in [3.8, 4) is 11.1 Å². The Kier molecular flexibility index (Phi) is 3.48. The molecule has 92 valence electrons. The first-order valence-corrected chi connectivity index (χ1v) is 5.57. The smallest absolute Gasteiger partial charge is 0.404 e. The first kappa shape index (κ1) is 12.0. The van der Waals surface area contributed by atoms with Crippen LogP contribution in [0.3, 0.4) is 0 Å². The molecule has 0 spiro atoms. The minimum absolute atomic E-state index is 0.297. The molecule has 1 amide bonds. The normalized spacial score (nSPS) is 10.0. The van der Waals surface area contributed by atoms with Crippen LogP contribution >= 0.6 is 0 Å². The van der Waals surface area contributed by atoms with Crippen LogP contribution in [0.25, 0.3) is 11.1 Å². The molecule has 0 aliphatic heterocycles. The summed E-state index contributed by atoms with van der Waals surface area (Å²) in [7, 11) is 0. The van der Waals surface area contributed by atoms with Gasteiger partial charge < -0.3 is 16.2 Å². The first-order valence-electron chi connectivity index (χ1n) is 5.57. The number of carbonyl (C=O) groups is 1. The van der Waals surface area contributed by atoms with Crippen molar-refractivity contribution in [2.45, 2.75) is 6.54 Å². The van der Waals surface area contributed by atoms with Crippen molar-refractivity contribution in [1.82, 2.24) is 5.32 Å². The molecule has 2 rings (SSSR count). The Balaban J connectivity index is 2.24. The third-order valence-electron chi connectivity index (χ3n) is 2.59. The molecule has 2 aromatic carbocycles. The van der Waals surface area contributed by atoms with E-state index in [2.05, 4.69) is 5.32 Å². The number of hydrogen-bond acceptors (Lipinski definition) is 2. The van der Waals surface area contributed by atoms with Crippen molar-refractivity contribution >= 4 is 11.8 Å². The van der Waals surface area contributed by atoms with Gasteiger partial charge in [-0.05, 0) is 34.9 Å². The van der Waals surface area contributed by atoms with Gasteiger partial charge in [0.2, 0.25) is 0 Å². The maximum Gasteiger partial charge on any atom is 0.404 e. The predicted molar refractivity (Wildman–Crippen MR) is 71.2 cm³/mol. The first-order chi connectivity index (χ1) is 8.65. The van der Waals surface area contributed by atoms with E-state index in [0.717, 1.165) is 16.7 Å². The van der Waals surface area contributed by atoms with Gasteiger partial charge in [0.25, 0.3) is 0 Å². The summed E-state index contributed by atoms with van der Waals surface area (Å²) in [6.07, 6.45) is -1.02. The lowest BCUT2D eigenvalue weighted by Crippen LogP contribution is -2.19. The molecule has 18 heavy (non-hydrogen) atoms. The molecule has 0 fully saturated rings. The van der Waals surface area contributed by atoms with Gasteiger partial charge in [0.1, 0.15) is 0 Å². The fourth-order valence-electron chi connectivity index (χ4n) is 1.76. The molecule has 0 unspecified atom stereocenters. The Morgan fingerprint density at radius 2 is 1.78 bits per heavy atom. The van der Waals surface area contributed by atoms with Crippen molar-refractivity contribution in [2.75, 3.05) is 5.73 Å². The van der Waals surface area contributed by atoms with Crippen molar-refractivity contribution in [2.24, 2.45) is 0 Å². The Bertz CT molecular complexity index is 567. The minimum Gasteiger partial charge on any atom is -0.465 e. The molecule has 2 aromatic rings. The number of hydrogen-bond donors (Lipinski definition) is 3. The predicted octanol–water partition coefficient (Wildman–Crippen LogP) is 2.70. The van der Waals surface area contributed by atoms with Crippen LogP contribution in [0.1, 0.15) is 5.56 Å². The van der Waals surface area contributed by atoms with E-state index in [9.17, 15) is 4.79 Å². The molecule has 0 radical (unpaired) electrons. The summed E-state index contributed by atoms with van der Waals surface area (Å²) in [6.45, 7) is 0.297. The summed E-state index contributed by atoms with van der Waals surface area (Å²) in [6, 6.07) is 15.3. The Morgan fingerprint density at radius 1 is 1.11 bits per heavy atom. The molecule has 0 aliphatic carbocycles. The second-order valence-electron chi connectivity index (χ2n) is 3.98. The molecule has 0 bridgehead atoms. The highest BCUT2D eigenvalue weighted by molar-refractivity contribution is 5.68. The zero-order valence-corrected chi connectivity index (χ0v) is 9.76. The maximum absolute atomic E-state index is 10.4. The van der Waals surface area contributed by atoms with Crippen LogP contribution in [-0.2, 0) is 6.54 Å². The standard InChI is InChI=1S/C14H14N2O2/c15-13-6-2-5-12(8-13)11-4-1-3-10(7-11)9-16-14(17)18/h1-8,16H,9,15H2,(H,17,18). The van der Waals surface area contributed by atoms with E-state index in [4.69, 9.17) is 10.8 Å². The average Bonchev–Trinajstić information content (AvgIpc) is 2.37. The molecule has 0 aromatic heterocycles. The fourth-order valence-corrected chi connectivity index (χ4v) is 1.76. The summed E-state index contributed by atoms with van der Waals surface area (Å²) in [5.41, 5.74) is 9.41. The molecule has 0 aliphatic rings. The van der Waals surface area contributed by atoms with Gasteiger partial charge in [0, 0.05) is 12.2 Å². The van der Waals surface area contributed by atoms with Crippen LogP contribution in [0.15, 0.2) is 48.5 Å². The lowest BCUT2D eigenvalue weighted by atomic mass is 10.0. The summed E-state index contributed by atoms with van der Waals surface area (Å²) < 4.78 is 0. The van der Waals surface area contributed by atoms with E-state index < -0.39 is 6.09 Å². The van der Waals surface area contributed by atoms with E-state index in [1.807, 2.05) is 48.5 Å². The summed E-state index contributed by atoms with van der Waals surface area (Å²) in [5.74, 6) is 0. The average molecular weight is 242 g/mol. The lowest BCUT2D eigenvalue weighted by Gasteiger charge is -2.06. The minimum atomic E-state index is -1.02. The molecule has 0 saturated heterocycles. The van der Waals surface area contributed by atoms with Gasteiger partial charge in [-0.25, -0.2) is 4.79 Å². The number of nitrogens with one attached hydrogen (secondary N) is 1. The maximum atomic E-state index is 10.4. The zero-order chi connectivity index (χ0) is 13.0. The van der Waals surface area contributed by atoms with Crippen molar-refractivity contribution in [1.29, 1.82) is 0 Å². The highest BCUT2D eigenvalue weighted by Crippen LogP contribution is 2.22. The highest BCUT2D eigenvalue weighted by atomic mass is 16.4. The molecular formula is C14H14N2O2. The largest absolute Gasteiger partial charge is 0.465 e. The van der Waals surface area contributed by atoms with E-state index in [0.29, 0.717) is 12.2 Å². The molecular weight excluding hydrogens is 228 g/mol. The monoisotopic (exact) mass is 242 g/mol. The van der Waals surface area contributed by atoms with E-state index in [1.54, 1.807) is 0 Å². The van der Waals surface area contributed by atoms with Crippen molar-refractivity contribution < 1.29 is 9.90 Å². The van der Waals surface area contributed by atoms with Gasteiger partial charge in [0.05, 0.1) is 0 Å². The van der Waals surface area contributed by atoms with Gasteiger partial charge in [-0.3, -0.25) is 0 Å². The second-order valence-corrected chi connectivity index (χ2v) is 3.98. The van der Waals surface area contributed by atoms with E-state index in [-0.39, 0.29) is 0 Å². The van der Waals surface area contributed by atoms with Gasteiger partial charge in [-0.1, -0.05) is 30.3 Å². The van der Waals surface area contributed by atoms with Gasteiger partial charge in [-0.15, -0.1) is 0 Å². The van der Waals surface area contributed by atoms with E-state index in [1.165, 1.54) is 0 Å². The Morgan fingerprint density at radius 3 is 2.44 bits per heavy atom. The van der Waals surface area contributed by atoms with Crippen LogP contribution in [-0.4, -0.2) is 11.2 Å². The van der Waals surface area contributed by atoms with Crippen molar-refractivity contribution in [3.63, 3.8) is 0 Å². The number of benzene rings is 2. The second kappa shape index (κ2) is 5.23. The number of amides is 1. The molecule has 0 atom stereocenters. The molecule has 4 N–H and O–H groups in total. The Hall–Kier alpha value is -2.49. The third kappa shape index (κ3) is 3.01. The van der Waals surface area contributed by atoms with Crippen LogP contribution in [0, 0.1) is 0 Å². The molecule has 4 heteroatoms. The number of nitrogens with two attached hydrogens (primary N) is 1. The summed E-state index contributed by atoms with van der Waals surface area (Å²) >= 11 is 0. The van der Waals surface area contributed by atoms with Gasteiger partial charge >= 0.3 is 6.09 Å². The SMILES string of the molecule is Nc1cccc(-c2cccc(CNC(=O)O)c2)c1. The molecule has 0 saturated carbocycles. The van der Waals surface area contributed by atoms with E-state index >= 15 is 0 Å². The summed E-state index contributed by atoms with van der Waals surface area (Å²) in [5, 5.41) is 10.9. The van der Waals surface area contributed by atoms with Crippen LogP contribution in [0.5, 0.6) is 0 Å². The zero-order valence-electron chi connectivity index (χ0n) is 9.76. The third-order valence-corrected chi connectivity index (χ3v) is 2.59. The highest BCUT2D eigenvalue weighted by Gasteiger charge is 2.01. The van der Waals surface area contributed by atoms with Crippen LogP contribution < -0.4 is 11.1 Å². The van der Waals surface area contributed by atoms with Gasteiger partial charge in [-0.2, -0.15) is 0 Å². The van der Waals surface area contributed by atoms with Crippen LogP contribution in [0.4, 0.5) is 10.5 Å². The lowest BCUT2D eigenvalue weighted by molar-refractivity contribution is 0.194. The topological polar surface area (TPSA) is 75.3 Å². The molecule has 4 nitrogen and oxygen atoms in total. The summed E-state index contributed by atoms with van der Waals surface area (Å²) in [4.78, 5) is 10.4. The number of carboxylic acid groups (broad SMARTS) is 1. The quantitative estimate of drug-likeness (QED) is 0.724. The number of rotatable bonds is 3. The van der Waals surface area contributed by atoms with Gasteiger partial charge in [0.15, 0.2) is 0 Å². The van der Waals surface area contributed by atoms with Crippen molar-refractivity contribution in [3.05, 3.63) is 54.1 Å².